The Morgan fingerprint density at radius 3 is 2.81 bits per heavy atom. The summed E-state index contributed by atoms with van der Waals surface area (Å²) >= 11 is 0. The van der Waals surface area contributed by atoms with Crippen LogP contribution in [0.15, 0.2) is 58.4 Å². The van der Waals surface area contributed by atoms with Crippen molar-refractivity contribution in [2.75, 3.05) is 13.7 Å². The van der Waals surface area contributed by atoms with Crippen molar-refractivity contribution in [3.8, 4) is 0 Å². The first kappa shape index (κ1) is 27.3. The Labute approximate surface area is 205 Å². The summed E-state index contributed by atoms with van der Waals surface area (Å²) < 4.78 is 29.5. The van der Waals surface area contributed by atoms with E-state index >= 15 is 0 Å². The number of fused-ring (bicyclic) bond motifs is 1. The molecule has 0 bridgehead atoms. The van der Waals surface area contributed by atoms with Gasteiger partial charge in [0, 0.05) is 35.3 Å². The summed E-state index contributed by atoms with van der Waals surface area (Å²) in [6.45, 7) is 1.22. The number of hydrogen-bond acceptors (Lipinski definition) is 8. The minimum absolute atomic E-state index is 0. The first-order valence-corrected chi connectivity index (χ1v) is 12.3. The number of carbonyl (C=O) groups is 1. The van der Waals surface area contributed by atoms with Gasteiger partial charge in [0.1, 0.15) is 12.1 Å². The van der Waals surface area contributed by atoms with Gasteiger partial charge in [0.25, 0.3) is 5.56 Å². The maximum atomic E-state index is 12.7. The molecule has 3 unspecified atom stereocenters. The normalized spacial score (nSPS) is 19.5. The molecule has 0 amide bonds. The van der Waals surface area contributed by atoms with Crippen molar-refractivity contribution in [1.82, 2.24) is 25.8 Å². The van der Waals surface area contributed by atoms with Crippen LogP contribution < -0.4 is 22.5 Å². The number of rotatable bonds is 9. The third kappa shape index (κ3) is 6.08. The number of benzene rings is 1. The lowest BCUT2D eigenvalue weighted by atomic mass is 10.1. The average Bonchev–Trinajstić information content (AvgIpc) is 3.46. The molecule has 2 aromatic heterocycles. The van der Waals surface area contributed by atoms with Crippen molar-refractivity contribution >= 4 is 24.6 Å². The summed E-state index contributed by atoms with van der Waals surface area (Å²) in [5.74, 6) is -0.724. The molecule has 1 aromatic carbocycles. The predicted octanol–water partition coefficient (Wildman–Crippen LogP) is 1.43. The van der Waals surface area contributed by atoms with Crippen LogP contribution in [-0.2, 0) is 29.8 Å². The number of H-pyrrole nitrogens is 2. The number of methoxy groups -OCH3 is 1. The maximum Gasteiger partial charge on any atom is 0.403 e. The molecular formula is C22H28N5O8P. The molecule has 3 heterocycles. The summed E-state index contributed by atoms with van der Waals surface area (Å²) in [5.41, 5.74) is 0.813. The molecule has 1 aliphatic heterocycles. The zero-order valence-electron chi connectivity index (χ0n) is 19.7. The zero-order valence-corrected chi connectivity index (χ0v) is 20.6. The van der Waals surface area contributed by atoms with E-state index in [1.54, 1.807) is 25.3 Å². The lowest BCUT2D eigenvalue weighted by Gasteiger charge is -2.22. The van der Waals surface area contributed by atoms with E-state index in [9.17, 15) is 23.8 Å². The van der Waals surface area contributed by atoms with Gasteiger partial charge >= 0.3 is 19.4 Å². The molecule has 4 atom stereocenters. The summed E-state index contributed by atoms with van der Waals surface area (Å²) in [4.78, 5) is 51.6. The second kappa shape index (κ2) is 11.2. The first-order valence-electron chi connectivity index (χ1n) is 10.7. The molecule has 13 nitrogen and oxygen atoms in total. The molecule has 0 saturated heterocycles. The fourth-order valence-corrected chi connectivity index (χ4v) is 4.78. The van der Waals surface area contributed by atoms with Gasteiger partial charge in [-0.25, -0.2) is 14.4 Å². The highest BCUT2D eigenvalue weighted by atomic mass is 31.2. The number of aryl methyl sites for hydroxylation is 1. The zero-order chi connectivity index (χ0) is 25.2. The van der Waals surface area contributed by atoms with Crippen LogP contribution in [0.4, 0.5) is 0 Å². The standard InChI is InChI=1S/C22H25N4O8P.H3N/c1-13-11-26(22(29)24-20(13)27)19-8-7-15(34-19)12-33-35(30,31)25-18(21(28)32-2)9-14-10-23-17-6-4-3-5-16(14)17;/h3-8,10-11,15,18-19,23H,9,12H2,1-2H3,(H,24,27,29)(H2,25,30,31);1H3/t15?,18-,19?;/m0./s1. The van der Waals surface area contributed by atoms with E-state index in [0.29, 0.717) is 5.56 Å². The highest BCUT2D eigenvalue weighted by Crippen LogP contribution is 2.39. The second-order valence-electron chi connectivity index (χ2n) is 8.01. The van der Waals surface area contributed by atoms with E-state index in [4.69, 9.17) is 14.0 Å². The van der Waals surface area contributed by atoms with Gasteiger partial charge in [-0.1, -0.05) is 24.3 Å². The lowest BCUT2D eigenvalue weighted by molar-refractivity contribution is -0.142. The molecular weight excluding hydrogens is 493 g/mol. The van der Waals surface area contributed by atoms with Gasteiger partial charge in [0.15, 0.2) is 6.23 Å². The van der Waals surface area contributed by atoms with Gasteiger partial charge in [-0.05, 0) is 24.6 Å². The molecule has 0 radical (unpaired) electrons. The van der Waals surface area contributed by atoms with E-state index in [0.717, 1.165) is 16.5 Å². The van der Waals surface area contributed by atoms with Crippen LogP contribution in [0.5, 0.6) is 0 Å². The third-order valence-electron chi connectivity index (χ3n) is 5.54. The highest BCUT2D eigenvalue weighted by Gasteiger charge is 2.32. The Morgan fingerprint density at radius 2 is 2.06 bits per heavy atom. The van der Waals surface area contributed by atoms with Gasteiger partial charge < -0.3 is 25.5 Å². The average molecular weight is 521 g/mol. The summed E-state index contributed by atoms with van der Waals surface area (Å²) in [5, 5.41) is 3.24. The van der Waals surface area contributed by atoms with Crippen LogP contribution in [0.2, 0.25) is 0 Å². The molecule has 194 valence electrons. The van der Waals surface area contributed by atoms with Gasteiger partial charge in [0.05, 0.1) is 13.7 Å². The number of para-hydroxylation sites is 1. The minimum Gasteiger partial charge on any atom is -0.468 e. The van der Waals surface area contributed by atoms with E-state index in [1.807, 2.05) is 24.3 Å². The smallest absolute Gasteiger partial charge is 0.403 e. The van der Waals surface area contributed by atoms with Crippen LogP contribution in [0.1, 0.15) is 17.4 Å². The number of carbonyl (C=O) groups excluding carboxylic acids is 1. The Bertz CT molecular complexity index is 1430. The summed E-state index contributed by atoms with van der Waals surface area (Å²) in [6.07, 6.45) is 4.75. The first-order chi connectivity index (χ1) is 16.7. The van der Waals surface area contributed by atoms with Crippen molar-refractivity contribution in [3.63, 3.8) is 0 Å². The number of hydrogen-bond donors (Lipinski definition) is 5. The van der Waals surface area contributed by atoms with E-state index < -0.39 is 43.3 Å². The molecule has 7 N–H and O–H groups in total. The van der Waals surface area contributed by atoms with Crippen molar-refractivity contribution < 1.29 is 28.3 Å². The number of esters is 1. The van der Waals surface area contributed by atoms with Crippen LogP contribution >= 0.6 is 7.75 Å². The van der Waals surface area contributed by atoms with Crippen molar-refractivity contribution in [3.05, 3.63) is 80.8 Å². The molecule has 4 rings (SSSR count). The lowest BCUT2D eigenvalue weighted by Crippen LogP contribution is -2.38. The Hall–Kier alpha value is -3.32. The van der Waals surface area contributed by atoms with Gasteiger partial charge in [-0.2, -0.15) is 0 Å². The maximum absolute atomic E-state index is 12.7. The summed E-state index contributed by atoms with van der Waals surface area (Å²) in [7, 11) is -3.27. The van der Waals surface area contributed by atoms with Gasteiger partial charge in [-0.3, -0.25) is 23.7 Å². The molecule has 0 fully saturated rings. The number of nitrogens with zero attached hydrogens (tertiary/aromatic N) is 1. The van der Waals surface area contributed by atoms with Gasteiger partial charge in [-0.15, -0.1) is 0 Å². The topological polar surface area (TPSA) is 200 Å². The minimum atomic E-state index is -4.45. The fraction of sp³-hybridized carbons (Fsp3) is 0.318. The van der Waals surface area contributed by atoms with Crippen molar-refractivity contribution in [2.24, 2.45) is 0 Å². The third-order valence-corrected chi connectivity index (χ3v) is 6.68. The number of ether oxygens (including phenoxy) is 2. The molecule has 0 spiro atoms. The van der Waals surface area contributed by atoms with Crippen LogP contribution in [0, 0.1) is 6.92 Å². The molecule has 1 aliphatic rings. The second-order valence-corrected chi connectivity index (χ2v) is 9.57. The highest BCUT2D eigenvalue weighted by molar-refractivity contribution is 7.50. The van der Waals surface area contributed by atoms with Crippen LogP contribution in [0.3, 0.4) is 0 Å². The van der Waals surface area contributed by atoms with Crippen molar-refractivity contribution in [1.29, 1.82) is 0 Å². The Kier molecular flexibility index (Phi) is 8.46. The molecule has 0 saturated carbocycles. The Morgan fingerprint density at radius 1 is 1.31 bits per heavy atom. The number of aromatic amines is 2. The fourth-order valence-electron chi connectivity index (χ4n) is 3.77. The molecule has 36 heavy (non-hydrogen) atoms. The van der Waals surface area contributed by atoms with E-state index in [2.05, 4.69) is 15.1 Å². The Balaban J connectivity index is 0.00000361. The van der Waals surface area contributed by atoms with Gasteiger partial charge in [0.2, 0.25) is 0 Å². The quantitative estimate of drug-likeness (QED) is 0.156. The van der Waals surface area contributed by atoms with E-state index in [-0.39, 0.29) is 19.2 Å². The van der Waals surface area contributed by atoms with E-state index in [1.165, 1.54) is 17.9 Å². The van der Waals surface area contributed by atoms with Crippen LogP contribution in [-0.4, -0.2) is 51.3 Å². The molecule has 3 aromatic rings. The summed E-state index contributed by atoms with van der Waals surface area (Å²) in [6, 6.07) is 6.33. The SMILES string of the molecule is COC(=O)[C@H](Cc1c[nH]c2ccccc12)NP(=O)(O)OCC1C=CC(n2cc(C)c(=O)[nH]c2=O)O1.N. The monoisotopic (exact) mass is 521 g/mol. The molecule has 0 aliphatic carbocycles. The number of aromatic nitrogens is 3. The number of nitrogens with one attached hydrogen (secondary N) is 3. The van der Waals surface area contributed by atoms with Crippen molar-refractivity contribution in [2.45, 2.75) is 31.7 Å². The molecule has 14 heteroatoms. The van der Waals surface area contributed by atoms with Crippen LogP contribution in [0.25, 0.3) is 10.9 Å². The largest absolute Gasteiger partial charge is 0.468 e. The predicted molar refractivity (Wildman–Crippen MR) is 131 cm³/mol.